The van der Waals surface area contributed by atoms with Crippen LogP contribution in [-0.2, 0) is 0 Å². The lowest BCUT2D eigenvalue weighted by Gasteiger charge is -2.08. The number of methoxy groups -OCH3 is 3. The van der Waals surface area contributed by atoms with Crippen molar-refractivity contribution in [3.63, 3.8) is 0 Å². The van der Waals surface area contributed by atoms with Gasteiger partial charge in [0, 0.05) is 22.6 Å². The number of aryl methyl sites for hydroxylation is 1. The van der Waals surface area contributed by atoms with Crippen molar-refractivity contribution < 1.29 is 19.0 Å². The fraction of sp³-hybridized carbons (Fsp3) is 0.174. The van der Waals surface area contributed by atoms with Crippen LogP contribution in [0.15, 0.2) is 53.9 Å². The van der Waals surface area contributed by atoms with Gasteiger partial charge in [-0.25, -0.2) is 4.98 Å². The van der Waals surface area contributed by atoms with E-state index in [2.05, 4.69) is 10.4 Å². The molecular weight excluding hydrogens is 428 g/mol. The molecule has 2 aromatic heterocycles. The third-order valence-electron chi connectivity index (χ3n) is 4.76. The third-order valence-corrected chi connectivity index (χ3v) is 5.57. The number of carbonyl (C=O) groups is 1. The summed E-state index contributed by atoms with van der Waals surface area (Å²) >= 11 is 1.42. The molecule has 9 heteroatoms. The second-order valence-electron chi connectivity index (χ2n) is 6.85. The predicted molar refractivity (Wildman–Crippen MR) is 123 cm³/mol. The Kier molecular flexibility index (Phi) is 6.09. The summed E-state index contributed by atoms with van der Waals surface area (Å²) in [7, 11) is 4.76. The normalized spacial score (nSPS) is 10.6. The van der Waals surface area contributed by atoms with Gasteiger partial charge in [-0.15, -0.1) is 11.3 Å². The first-order valence-electron chi connectivity index (χ1n) is 9.72. The maximum atomic E-state index is 12.8. The minimum Gasteiger partial charge on any atom is -0.497 e. The van der Waals surface area contributed by atoms with Gasteiger partial charge in [0.05, 0.1) is 32.7 Å². The smallest absolute Gasteiger partial charge is 0.256 e. The molecule has 164 valence electrons. The quantitative estimate of drug-likeness (QED) is 0.443. The zero-order valence-electron chi connectivity index (χ0n) is 18.1. The summed E-state index contributed by atoms with van der Waals surface area (Å²) < 4.78 is 17.5. The predicted octanol–water partition coefficient (Wildman–Crippen LogP) is 4.58. The second kappa shape index (κ2) is 9.11. The summed E-state index contributed by atoms with van der Waals surface area (Å²) in [5.74, 6) is 2.16. The summed E-state index contributed by atoms with van der Waals surface area (Å²) in [6.07, 6.45) is 0. The van der Waals surface area contributed by atoms with E-state index >= 15 is 0 Å². The largest absolute Gasteiger partial charge is 0.497 e. The molecule has 32 heavy (non-hydrogen) atoms. The number of anilines is 1. The van der Waals surface area contributed by atoms with Gasteiger partial charge < -0.3 is 19.5 Å². The highest BCUT2D eigenvalue weighted by Crippen LogP contribution is 2.33. The molecule has 0 radical (unpaired) electrons. The number of hydrogen-bond acceptors (Lipinski definition) is 7. The summed E-state index contributed by atoms with van der Waals surface area (Å²) in [5, 5.41) is 9.99. The number of benzene rings is 2. The van der Waals surface area contributed by atoms with E-state index in [4.69, 9.17) is 19.2 Å². The molecule has 0 saturated heterocycles. The van der Waals surface area contributed by atoms with Crippen LogP contribution in [0.25, 0.3) is 16.4 Å². The molecule has 0 aliphatic carbocycles. The van der Waals surface area contributed by atoms with Crippen LogP contribution in [0.2, 0.25) is 0 Å². The van der Waals surface area contributed by atoms with Crippen molar-refractivity contribution in [2.45, 2.75) is 6.92 Å². The summed E-state index contributed by atoms with van der Waals surface area (Å²) in [6, 6.07) is 14.4. The van der Waals surface area contributed by atoms with Gasteiger partial charge in [-0.3, -0.25) is 4.79 Å². The Balaban J connectivity index is 1.62. The monoisotopic (exact) mass is 450 g/mol. The van der Waals surface area contributed by atoms with Crippen molar-refractivity contribution in [3.05, 3.63) is 65.2 Å². The standard InChI is InChI=1S/C23H22N4O4S/c1-14-10-21(25-22(28)16-6-5-7-17(11-16)29-2)27(26-14)23-24-18(13-32-23)15-8-9-19(30-3)20(12-15)31-4/h5-13H,1-4H3,(H,25,28). The lowest BCUT2D eigenvalue weighted by Crippen LogP contribution is -2.15. The first kappa shape index (κ1) is 21.4. The van der Waals surface area contributed by atoms with E-state index in [9.17, 15) is 4.79 Å². The molecule has 0 bridgehead atoms. The lowest BCUT2D eigenvalue weighted by molar-refractivity contribution is 0.102. The van der Waals surface area contributed by atoms with E-state index in [1.165, 1.54) is 11.3 Å². The molecule has 4 rings (SSSR count). The van der Waals surface area contributed by atoms with Crippen LogP contribution in [0.3, 0.4) is 0 Å². The number of carbonyl (C=O) groups excluding carboxylic acids is 1. The fourth-order valence-electron chi connectivity index (χ4n) is 3.18. The van der Waals surface area contributed by atoms with Crippen molar-refractivity contribution in [1.82, 2.24) is 14.8 Å². The molecule has 8 nitrogen and oxygen atoms in total. The topological polar surface area (TPSA) is 87.5 Å². The molecule has 1 N–H and O–H groups in total. The Morgan fingerprint density at radius 3 is 2.56 bits per heavy atom. The lowest BCUT2D eigenvalue weighted by atomic mass is 10.1. The highest BCUT2D eigenvalue weighted by Gasteiger charge is 2.16. The zero-order valence-corrected chi connectivity index (χ0v) is 18.9. The van der Waals surface area contributed by atoms with Gasteiger partial charge >= 0.3 is 0 Å². The molecule has 0 saturated carbocycles. The molecule has 0 fully saturated rings. The van der Waals surface area contributed by atoms with Crippen molar-refractivity contribution in [3.8, 4) is 33.6 Å². The molecule has 0 aliphatic heterocycles. The minimum atomic E-state index is -0.262. The number of aromatic nitrogens is 3. The average Bonchev–Trinajstić information content (AvgIpc) is 3.45. The third kappa shape index (κ3) is 4.28. The fourth-order valence-corrected chi connectivity index (χ4v) is 3.97. The Bertz CT molecular complexity index is 1260. The summed E-state index contributed by atoms with van der Waals surface area (Å²) in [5.41, 5.74) is 2.90. The van der Waals surface area contributed by atoms with Crippen LogP contribution in [-0.4, -0.2) is 42.0 Å². The van der Waals surface area contributed by atoms with E-state index in [1.54, 1.807) is 56.3 Å². The first-order chi connectivity index (χ1) is 15.5. The van der Waals surface area contributed by atoms with E-state index in [-0.39, 0.29) is 5.91 Å². The molecule has 0 aliphatic rings. The van der Waals surface area contributed by atoms with E-state index in [1.807, 2.05) is 30.5 Å². The molecule has 2 heterocycles. The molecule has 0 unspecified atom stereocenters. The maximum absolute atomic E-state index is 12.8. The second-order valence-corrected chi connectivity index (χ2v) is 7.69. The van der Waals surface area contributed by atoms with Crippen LogP contribution >= 0.6 is 11.3 Å². The van der Waals surface area contributed by atoms with Crippen LogP contribution in [0.5, 0.6) is 17.2 Å². The average molecular weight is 451 g/mol. The van der Waals surface area contributed by atoms with Crippen molar-refractivity contribution in [1.29, 1.82) is 0 Å². The number of ether oxygens (including phenoxy) is 3. The van der Waals surface area contributed by atoms with E-state index in [0.29, 0.717) is 33.8 Å². The number of rotatable bonds is 7. The number of hydrogen-bond donors (Lipinski definition) is 1. The Hall–Kier alpha value is -3.85. The van der Waals surface area contributed by atoms with Crippen LogP contribution in [0.1, 0.15) is 16.1 Å². The van der Waals surface area contributed by atoms with Gasteiger partial charge in [0.15, 0.2) is 11.5 Å². The Morgan fingerprint density at radius 2 is 1.81 bits per heavy atom. The number of nitrogens with one attached hydrogen (secondary N) is 1. The van der Waals surface area contributed by atoms with Gasteiger partial charge in [0.1, 0.15) is 11.6 Å². The first-order valence-corrected chi connectivity index (χ1v) is 10.6. The van der Waals surface area contributed by atoms with Crippen LogP contribution < -0.4 is 19.5 Å². The molecular formula is C23H22N4O4S. The van der Waals surface area contributed by atoms with Crippen molar-refractivity contribution in [2.75, 3.05) is 26.6 Å². The van der Waals surface area contributed by atoms with Crippen molar-refractivity contribution >= 4 is 23.1 Å². The zero-order chi connectivity index (χ0) is 22.7. The van der Waals surface area contributed by atoms with Crippen LogP contribution in [0.4, 0.5) is 5.82 Å². The molecule has 0 spiro atoms. The number of amides is 1. The van der Waals surface area contributed by atoms with Crippen molar-refractivity contribution in [2.24, 2.45) is 0 Å². The molecule has 2 aromatic carbocycles. The van der Waals surface area contributed by atoms with Gasteiger partial charge in [0.2, 0.25) is 5.13 Å². The van der Waals surface area contributed by atoms with E-state index in [0.717, 1.165) is 17.0 Å². The van der Waals surface area contributed by atoms with Gasteiger partial charge in [-0.05, 0) is 43.3 Å². The summed E-state index contributed by atoms with van der Waals surface area (Å²) in [4.78, 5) is 17.5. The minimum absolute atomic E-state index is 0.262. The maximum Gasteiger partial charge on any atom is 0.256 e. The highest BCUT2D eigenvalue weighted by atomic mass is 32.1. The van der Waals surface area contributed by atoms with Gasteiger partial charge in [0.25, 0.3) is 5.91 Å². The van der Waals surface area contributed by atoms with Gasteiger partial charge in [-0.1, -0.05) is 6.07 Å². The SMILES string of the molecule is COc1cccc(C(=O)Nc2cc(C)nn2-c2nc(-c3ccc(OC)c(OC)c3)cs2)c1. The van der Waals surface area contributed by atoms with Gasteiger partial charge in [-0.2, -0.15) is 9.78 Å². The Labute approximate surface area is 189 Å². The van der Waals surface area contributed by atoms with E-state index < -0.39 is 0 Å². The molecule has 4 aromatic rings. The Morgan fingerprint density at radius 1 is 1.00 bits per heavy atom. The number of nitrogens with zero attached hydrogens (tertiary/aromatic N) is 3. The molecule has 0 atom stereocenters. The highest BCUT2D eigenvalue weighted by molar-refractivity contribution is 7.12. The van der Waals surface area contributed by atoms with Crippen LogP contribution in [0, 0.1) is 6.92 Å². The molecule has 1 amide bonds. The number of thiazole rings is 1. The summed E-state index contributed by atoms with van der Waals surface area (Å²) in [6.45, 7) is 1.86.